The Morgan fingerprint density at radius 2 is 1.92 bits per heavy atom. The fourth-order valence-electron chi connectivity index (χ4n) is 2.37. The maximum absolute atomic E-state index is 12.0. The predicted molar refractivity (Wildman–Crippen MR) is 88.7 cm³/mol. The molecule has 0 unspecified atom stereocenters. The molecule has 0 aliphatic rings. The van der Waals surface area contributed by atoms with Crippen molar-refractivity contribution in [2.45, 2.75) is 27.7 Å². The molecule has 0 N–H and O–H groups in total. The molecule has 2 aromatic rings. The number of carbonyl (C=O) groups excluding carboxylic acids is 3. The minimum atomic E-state index is -0.703. The summed E-state index contributed by atoms with van der Waals surface area (Å²) in [6, 6.07) is 5.56. The number of nitrogens with zero attached hydrogens (tertiary/aromatic N) is 1. The molecule has 0 bridgehead atoms. The average molecular weight is 329 g/mol. The Bertz CT molecular complexity index is 844. The normalized spacial score (nSPS) is 11.4. The molecule has 0 fully saturated rings. The van der Waals surface area contributed by atoms with Crippen LogP contribution in [0.25, 0.3) is 11.6 Å². The molecular weight excluding hydrogens is 310 g/mol. The molecule has 2 heterocycles. The van der Waals surface area contributed by atoms with Crippen LogP contribution in [0, 0.1) is 6.92 Å². The lowest BCUT2D eigenvalue weighted by atomic mass is 10.1. The van der Waals surface area contributed by atoms with Crippen molar-refractivity contribution in [3.8, 4) is 5.75 Å². The van der Waals surface area contributed by atoms with Gasteiger partial charge in [0.2, 0.25) is 0 Å². The van der Waals surface area contributed by atoms with Gasteiger partial charge in [-0.1, -0.05) is 6.07 Å². The van der Waals surface area contributed by atoms with Crippen LogP contribution in [0.4, 0.5) is 0 Å². The summed E-state index contributed by atoms with van der Waals surface area (Å²) in [5.74, 6) is -1.33. The maximum Gasteiger partial charge on any atom is 0.341 e. The van der Waals surface area contributed by atoms with Crippen molar-refractivity contribution < 1.29 is 23.9 Å². The summed E-state index contributed by atoms with van der Waals surface area (Å²) < 4.78 is 12.0. The van der Waals surface area contributed by atoms with Gasteiger partial charge in [0.25, 0.3) is 0 Å². The second-order valence-corrected chi connectivity index (χ2v) is 5.26. The number of ether oxygens (including phenoxy) is 2. The molecule has 0 spiro atoms. The smallest absolute Gasteiger partial charge is 0.341 e. The monoisotopic (exact) mass is 329 g/mol. The van der Waals surface area contributed by atoms with Gasteiger partial charge in [-0.15, -0.1) is 0 Å². The van der Waals surface area contributed by atoms with Crippen LogP contribution in [0.3, 0.4) is 0 Å². The first-order valence-electron chi connectivity index (χ1n) is 7.54. The highest BCUT2D eigenvalue weighted by molar-refractivity contribution is 6.20. The molecule has 6 heteroatoms. The van der Waals surface area contributed by atoms with Crippen LogP contribution in [-0.2, 0) is 19.1 Å². The zero-order valence-corrected chi connectivity index (χ0v) is 14.1. The lowest BCUT2D eigenvalue weighted by Crippen LogP contribution is -2.13. The second-order valence-electron chi connectivity index (χ2n) is 5.26. The number of pyridine rings is 1. The summed E-state index contributed by atoms with van der Waals surface area (Å²) in [6.07, 6.45) is 3.06. The van der Waals surface area contributed by atoms with Gasteiger partial charge in [0, 0.05) is 18.2 Å². The Labute approximate surface area is 139 Å². The molecule has 0 saturated carbocycles. The Hall–Kier alpha value is -2.89. The zero-order chi connectivity index (χ0) is 17.9. The minimum Gasteiger partial charge on any atom is -0.462 e. The summed E-state index contributed by atoms with van der Waals surface area (Å²) in [4.78, 5) is 35.2. The minimum absolute atomic E-state index is 0.0974. The van der Waals surface area contributed by atoms with E-state index in [1.54, 1.807) is 13.1 Å². The van der Waals surface area contributed by atoms with Crippen molar-refractivity contribution in [1.29, 1.82) is 0 Å². The van der Waals surface area contributed by atoms with E-state index < -0.39 is 17.7 Å². The molecule has 6 nitrogen and oxygen atoms in total. The van der Waals surface area contributed by atoms with Crippen molar-refractivity contribution in [1.82, 2.24) is 4.40 Å². The number of aryl methyl sites for hydroxylation is 1. The third kappa shape index (κ3) is 3.53. The van der Waals surface area contributed by atoms with Crippen molar-refractivity contribution in [2.75, 3.05) is 6.61 Å². The van der Waals surface area contributed by atoms with Gasteiger partial charge >= 0.3 is 11.9 Å². The molecule has 2 rings (SSSR count). The van der Waals surface area contributed by atoms with E-state index in [1.165, 1.54) is 19.9 Å². The summed E-state index contributed by atoms with van der Waals surface area (Å²) in [5, 5.41) is 0. The van der Waals surface area contributed by atoms with Crippen LogP contribution in [0.2, 0.25) is 0 Å². The molecule has 0 aromatic carbocycles. The van der Waals surface area contributed by atoms with Crippen molar-refractivity contribution in [3.05, 3.63) is 41.2 Å². The summed E-state index contributed by atoms with van der Waals surface area (Å²) in [7, 11) is 0. The van der Waals surface area contributed by atoms with Gasteiger partial charge in [-0.05, 0) is 39.0 Å². The molecule has 24 heavy (non-hydrogen) atoms. The first-order valence-corrected chi connectivity index (χ1v) is 7.54. The van der Waals surface area contributed by atoms with Crippen molar-refractivity contribution in [2.24, 2.45) is 0 Å². The van der Waals surface area contributed by atoms with Gasteiger partial charge in [0.1, 0.15) is 5.57 Å². The Morgan fingerprint density at radius 1 is 1.21 bits per heavy atom. The van der Waals surface area contributed by atoms with Crippen molar-refractivity contribution >= 4 is 29.3 Å². The number of hydrogen-bond acceptors (Lipinski definition) is 5. The number of Topliss-reactive ketones (excluding diaryl/α,β-unsaturated/α-hetero) is 1. The number of hydrogen-bond donors (Lipinski definition) is 0. The molecule has 0 radical (unpaired) electrons. The van der Waals surface area contributed by atoms with E-state index in [-0.39, 0.29) is 17.9 Å². The number of ketones is 1. The first kappa shape index (κ1) is 17.5. The fraction of sp³-hybridized carbons (Fsp3) is 0.278. The molecule has 0 atom stereocenters. The van der Waals surface area contributed by atoms with Gasteiger partial charge in [-0.2, -0.15) is 0 Å². The number of fused-ring (bicyclic) bond motifs is 1. The van der Waals surface area contributed by atoms with E-state index in [9.17, 15) is 14.4 Å². The summed E-state index contributed by atoms with van der Waals surface area (Å²) in [5.41, 5.74) is 2.02. The van der Waals surface area contributed by atoms with E-state index >= 15 is 0 Å². The highest BCUT2D eigenvalue weighted by Gasteiger charge is 2.20. The largest absolute Gasteiger partial charge is 0.462 e. The molecular formula is C18H19NO5. The van der Waals surface area contributed by atoms with Crippen LogP contribution in [-0.4, -0.2) is 28.7 Å². The standard InChI is InChI=1S/C18H19NO5/c1-5-23-18(22)14(12(3)20)9-15-16-8-6-7-11(2)19(16)10-17(15)24-13(4)21/h6-10H,5H2,1-4H3/b14-9-. The molecule has 2 aromatic heterocycles. The average Bonchev–Trinajstić information content (AvgIpc) is 2.82. The van der Waals surface area contributed by atoms with E-state index in [0.29, 0.717) is 11.1 Å². The Balaban J connectivity index is 2.70. The van der Waals surface area contributed by atoms with E-state index in [0.717, 1.165) is 5.69 Å². The second kappa shape index (κ2) is 7.12. The van der Waals surface area contributed by atoms with Crippen LogP contribution in [0.1, 0.15) is 32.0 Å². The van der Waals surface area contributed by atoms with Crippen LogP contribution >= 0.6 is 0 Å². The molecule has 126 valence electrons. The highest BCUT2D eigenvalue weighted by Crippen LogP contribution is 2.30. The van der Waals surface area contributed by atoms with Crippen molar-refractivity contribution in [3.63, 3.8) is 0 Å². The number of aromatic nitrogens is 1. The third-order valence-electron chi connectivity index (χ3n) is 3.44. The van der Waals surface area contributed by atoms with Gasteiger partial charge in [0.05, 0.1) is 18.3 Å². The molecule has 0 aliphatic carbocycles. The topological polar surface area (TPSA) is 74.1 Å². The Morgan fingerprint density at radius 3 is 2.50 bits per heavy atom. The van der Waals surface area contributed by atoms with E-state index in [4.69, 9.17) is 9.47 Å². The Kier molecular flexibility index (Phi) is 5.18. The zero-order valence-electron chi connectivity index (χ0n) is 14.1. The summed E-state index contributed by atoms with van der Waals surface area (Å²) >= 11 is 0. The first-order chi connectivity index (χ1) is 11.3. The molecule has 0 amide bonds. The maximum atomic E-state index is 12.0. The lowest BCUT2D eigenvalue weighted by molar-refractivity contribution is -0.139. The quantitative estimate of drug-likeness (QED) is 0.365. The number of rotatable bonds is 5. The fourth-order valence-corrected chi connectivity index (χ4v) is 2.37. The lowest BCUT2D eigenvalue weighted by Gasteiger charge is -2.05. The van der Waals surface area contributed by atoms with Gasteiger partial charge in [-0.3, -0.25) is 9.59 Å². The van der Waals surface area contributed by atoms with Crippen LogP contribution in [0.5, 0.6) is 5.75 Å². The highest BCUT2D eigenvalue weighted by atomic mass is 16.5. The van der Waals surface area contributed by atoms with Gasteiger partial charge < -0.3 is 13.9 Å². The van der Waals surface area contributed by atoms with Crippen LogP contribution in [0.15, 0.2) is 30.0 Å². The summed E-state index contributed by atoms with van der Waals surface area (Å²) in [6.45, 7) is 6.31. The van der Waals surface area contributed by atoms with E-state index in [1.807, 2.05) is 29.5 Å². The van der Waals surface area contributed by atoms with Gasteiger partial charge in [-0.25, -0.2) is 4.79 Å². The number of carbonyl (C=O) groups is 3. The number of esters is 2. The SMILES string of the molecule is CCOC(=O)/C(=C\c1c(OC(C)=O)cn2c(C)cccc12)C(C)=O. The molecule has 0 saturated heterocycles. The van der Waals surface area contributed by atoms with E-state index in [2.05, 4.69) is 0 Å². The third-order valence-corrected chi connectivity index (χ3v) is 3.44. The predicted octanol–water partition coefficient (Wildman–Crippen LogP) is 2.71. The van der Waals surface area contributed by atoms with Gasteiger partial charge in [0.15, 0.2) is 11.5 Å². The van der Waals surface area contributed by atoms with Crippen LogP contribution < -0.4 is 4.74 Å². The molecule has 0 aliphatic heterocycles.